The Balaban J connectivity index is 2.55. The maximum absolute atomic E-state index is 11.7. The first kappa shape index (κ1) is 8.76. The molecule has 0 radical (unpaired) electrons. The summed E-state index contributed by atoms with van der Waals surface area (Å²) in [5, 5.41) is 0. The van der Waals surface area contributed by atoms with E-state index >= 15 is 0 Å². The van der Waals surface area contributed by atoms with E-state index in [1.54, 1.807) is 0 Å². The van der Waals surface area contributed by atoms with E-state index in [0.29, 0.717) is 17.6 Å². The molecule has 11 heavy (non-hydrogen) atoms. The first-order valence-corrected chi connectivity index (χ1v) is 4.47. The van der Waals surface area contributed by atoms with E-state index in [4.69, 9.17) is 0 Å². The summed E-state index contributed by atoms with van der Waals surface area (Å²) >= 11 is 0. The fourth-order valence-electron chi connectivity index (χ4n) is 1.61. The molecule has 0 N–H and O–H groups in total. The van der Waals surface area contributed by atoms with Crippen molar-refractivity contribution in [2.75, 3.05) is 0 Å². The Morgan fingerprint density at radius 3 is 1.91 bits per heavy atom. The van der Waals surface area contributed by atoms with Crippen molar-refractivity contribution in [3.63, 3.8) is 0 Å². The molecule has 0 bridgehead atoms. The van der Waals surface area contributed by atoms with Crippen LogP contribution in [0.3, 0.4) is 0 Å². The molecule has 0 heterocycles. The van der Waals surface area contributed by atoms with E-state index in [-0.39, 0.29) is 5.41 Å². The average Bonchev–Trinajstić information content (AvgIpc) is 1.83. The third-order valence-electron chi connectivity index (χ3n) is 2.70. The zero-order valence-corrected chi connectivity index (χ0v) is 7.98. The second-order valence-corrected chi connectivity index (χ2v) is 4.78. The Hall–Kier alpha value is -0.330. The van der Waals surface area contributed by atoms with Gasteiger partial charge in [-0.15, -0.1) is 0 Å². The second kappa shape index (κ2) is 2.62. The minimum absolute atomic E-state index is 0.126. The lowest BCUT2D eigenvalue weighted by atomic mass is 9.67. The molecule has 0 amide bonds. The van der Waals surface area contributed by atoms with Gasteiger partial charge in [-0.1, -0.05) is 27.7 Å². The molecule has 1 nitrogen and oxygen atoms in total. The van der Waals surface area contributed by atoms with E-state index < -0.39 is 0 Å². The smallest absolute Gasteiger partial charge is 0.141 e. The molecule has 64 valence electrons. The standard InChI is InChI=1S/C10H18O/c1-7-5-6-8(7)9(11)10(2,3)4/h7-8H,5-6H2,1-4H3. The monoisotopic (exact) mass is 154 g/mol. The highest BCUT2D eigenvalue weighted by Gasteiger charge is 2.38. The molecule has 0 aromatic rings. The molecule has 0 spiro atoms. The molecule has 0 aliphatic heterocycles. The lowest BCUT2D eigenvalue weighted by molar-refractivity contribution is -0.135. The summed E-state index contributed by atoms with van der Waals surface area (Å²) < 4.78 is 0. The van der Waals surface area contributed by atoms with Crippen molar-refractivity contribution in [3.8, 4) is 0 Å². The molecular formula is C10H18O. The fourth-order valence-corrected chi connectivity index (χ4v) is 1.61. The Morgan fingerprint density at radius 2 is 1.82 bits per heavy atom. The second-order valence-electron chi connectivity index (χ2n) is 4.78. The molecule has 1 aliphatic carbocycles. The predicted molar refractivity (Wildman–Crippen MR) is 46.4 cm³/mol. The van der Waals surface area contributed by atoms with Crippen LogP contribution in [-0.2, 0) is 4.79 Å². The third kappa shape index (κ3) is 1.63. The van der Waals surface area contributed by atoms with E-state index in [1.165, 1.54) is 6.42 Å². The maximum Gasteiger partial charge on any atom is 0.141 e. The summed E-state index contributed by atoms with van der Waals surface area (Å²) in [6.45, 7) is 8.22. The van der Waals surface area contributed by atoms with E-state index in [0.717, 1.165) is 6.42 Å². The molecule has 1 heteroatoms. The van der Waals surface area contributed by atoms with Gasteiger partial charge in [-0.3, -0.25) is 4.79 Å². The van der Waals surface area contributed by atoms with Crippen LogP contribution in [0.1, 0.15) is 40.5 Å². The minimum Gasteiger partial charge on any atom is -0.299 e. The van der Waals surface area contributed by atoms with E-state index in [1.807, 2.05) is 20.8 Å². The first-order chi connectivity index (χ1) is 4.93. The Kier molecular flexibility index (Phi) is 2.08. The quantitative estimate of drug-likeness (QED) is 0.567. The highest BCUT2D eigenvalue weighted by atomic mass is 16.1. The van der Waals surface area contributed by atoms with Gasteiger partial charge in [0.1, 0.15) is 5.78 Å². The lowest BCUT2D eigenvalue weighted by Crippen LogP contribution is -2.37. The molecule has 2 unspecified atom stereocenters. The fraction of sp³-hybridized carbons (Fsp3) is 0.900. The van der Waals surface area contributed by atoms with Crippen LogP contribution in [-0.4, -0.2) is 5.78 Å². The van der Waals surface area contributed by atoms with Crippen molar-refractivity contribution in [1.29, 1.82) is 0 Å². The number of carbonyl (C=O) groups is 1. The van der Waals surface area contributed by atoms with Crippen LogP contribution in [0.15, 0.2) is 0 Å². The van der Waals surface area contributed by atoms with Gasteiger partial charge in [0, 0.05) is 11.3 Å². The van der Waals surface area contributed by atoms with Gasteiger partial charge in [0.15, 0.2) is 0 Å². The van der Waals surface area contributed by atoms with E-state index in [2.05, 4.69) is 6.92 Å². The van der Waals surface area contributed by atoms with Crippen LogP contribution >= 0.6 is 0 Å². The van der Waals surface area contributed by atoms with Gasteiger partial charge in [-0.05, 0) is 18.8 Å². The molecule has 1 saturated carbocycles. The van der Waals surface area contributed by atoms with Crippen LogP contribution in [0.25, 0.3) is 0 Å². The Morgan fingerprint density at radius 1 is 1.27 bits per heavy atom. The highest BCUT2D eigenvalue weighted by Crippen LogP contribution is 2.38. The van der Waals surface area contributed by atoms with Gasteiger partial charge in [0.05, 0.1) is 0 Å². The number of Topliss-reactive ketones (excluding diaryl/α,β-unsaturated/α-hetero) is 1. The third-order valence-corrected chi connectivity index (χ3v) is 2.70. The van der Waals surface area contributed by atoms with Crippen LogP contribution in [0, 0.1) is 17.3 Å². The Labute approximate surface area is 69.2 Å². The van der Waals surface area contributed by atoms with Gasteiger partial charge in [-0.25, -0.2) is 0 Å². The van der Waals surface area contributed by atoms with Crippen molar-refractivity contribution >= 4 is 5.78 Å². The van der Waals surface area contributed by atoms with Gasteiger partial charge in [-0.2, -0.15) is 0 Å². The van der Waals surface area contributed by atoms with Gasteiger partial charge in [0.2, 0.25) is 0 Å². The Bertz CT molecular complexity index is 164. The zero-order chi connectivity index (χ0) is 8.65. The predicted octanol–water partition coefficient (Wildman–Crippen LogP) is 2.65. The van der Waals surface area contributed by atoms with Gasteiger partial charge in [0.25, 0.3) is 0 Å². The molecule has 1 aliphatic rings. The number of ketones is 1. The van der Waals surface area contributed by atoms with Crippen molar-refractivity contribution in [2.24, 2.45) is 17.3 Å². The topological polar surface area (TPSA) is 17.1 Å². The summed E-state index contributed by atoms with van der Waals surface area (Å²) in [4.78, 5) is 11.7. The average molecular weight is 154 g/mol. The van der Waals surface area contributed by atoms with Crippen molar-refractivity contribution in [1.82, 2.24) is 0 Å². The van der Waals surface area contributed by atoms with Crippen molar-refractivity contribution < 1.29 is 4.79 Å². The first-order valence-electron chi connectivity index (χ1n) is 4.47. The highest BCUT2D eigenvalue weighted by molar-refractivity contribution is 5.86. The summed E-state index contributed by atoms with van der Waals surface area (Å²) in [5.74, 6) is 1.47. The van der Waals surface area contributed by atoms with Gasteiger partial charge >= 0.3 is 0 Å². The molecule has 1 rings (SSSR count). The minimum atomic E-state index is -0.126. The van der Waals surface area contributed by atoms with E-state index in [9.17, 15) is 4.79 Å². The largest absolute Gasteiger partial charge is 0.299 e. The SMILES string of the molecule is CC1CCC1C(=O)C(C)(C)C. The number of hydrogen-bond acceptors (Lipinski definition) is 1. The normalized spacial score (nSPS) is 31.3. The lowest BCUT2D eigenvalue weighted by Gasteiger charge is -2.36. The molecule has 1 fully saturated rings. The van der Waals surface area contributed by atoms with Crippen molar-refractivity contribution in [2.45, 2.75) is 40.5 Å². The van der Waals surface area contributed by atoms with Crippen LogP contribution < -0.4 is 0 Å². The molecule has 0 saturated heterocycles. The number of carbonyl (C=O) groups excluding carboxylic acids is 1. The summed E-state index contributed by atoms with van der Waals surface area (Å²) in [6, 6.07) is 0. The summed E-state index contributed by atoms with van der Waals surface area (Å²) in [5.41, 5.74) is -0.126. The van der Waals surface area contributed by atoms with Crippen molar-refractivity contribution in [3.05, 3.63) is 0 Å². The molecular weight excluding hydrogens is 136 g/mol. The van der Waals surface area contributed by atoms with Gasteiger partial charge < -0.3 is 0 Å². The summed E-state index contributed by atoms with van der Waals surface area (Å²) in [7, 11) is 0. The summed E-state index contributed by atoms with van der Waals surface area (Å²) in [6.07, 6.45) is 2.36. The van der Waals surface area contributed by atoms with Crippen LogP contribution in [0.4, 0.5) is 0 Å². The number of rotatable bonds is 1. The van der Waals surface area contributed by atoms with Crippen LogP contribution in [0.2, 0.25) is 0 Å². The molecule has 2 atom stereocenters. The zero-order valence-electron chi connectivity index (χ0n) is 7.98. The number of hydrogen-bond donors (Lipinski definition) is 0. The molecule has 0 aromatic carbocycles. The molecule has 0 aromatic heterocycles. The maximum atomic E-state index is 11.7. The van der Waals surface area contributed by atoms with Crippen LogP contribution in [0.5, 0.6) is 0 Å².